The molecule has 0 bridgehead atoms. The molecule has 0 aliphatic carbocycles. The number of nitrogens with zero attached hydrogens (tertiary/aromatic N) is 3. The highest BCUT2D eigenvalue weighted by atomic mass is 16.1. The van der Waals surface area contributed by atoms with Gasteiger partial charge in [0.2, 0.25) is 5.78 Å². The number of amides is 1. The molecule has 18 heavy (non-hydrogen) atoms. The molecular weight excluding hydrogens is 228 g/mol. The van der Waals surface area contributed by atoms with Crippen LogP contribution in [-0.2, 0) is 0 Å². The molecule has 0 unspecified atom stereocenters. The molecule has 0 fully saturated rings. The van der Waals surface area contributed by atoms with Crippen LogP contribution in [0.4, 0.5) is 0 Å². The molecule has 0 radical (unpaired) electrons. The predicted octanol–water partition coefficient (Wildman–Crippen LogP) is 1.50. The van der Waals surface area contributed by atoms with Crippen molar-refractivity contribution in [1.29, 1.82) is 0 Å². The fourth-order valence-corrected chi connectivity index (χ4v) is 1.76. The van der Waals surface area contributed by atoms with Crippen molar-refractivity contribution in [3.05, 3.63) is 54.5 Å². The lowest BCUT2D eigenvalue weighted by Gasteiger charge is -1.94. The molecule has 0 atom stereocenters. The highest BCUT2D eigenvalue weighted by Gasteiger charge is 2.07. The maximum Gasteiger partial charge on any atom is 0.267 e. The summed E-state index contributed by atoms with van der Waals surface area (Å²) in [4.78, 5) is 19.5. The van der Waals surface area contributed by atoms with Crippen LogP contribution >= 0.6 is 0 Å². The quantitative estimate of drug-likeness (QED) is 0.735. The van der Waals surface area contributed by atoms with Crippen LogP contribution in [0, 0.1) is 0 Å². The van der Waals surface area contributed by atoms with E-state index in [1.807, 2.05) is 36.5 Å². The van der Waals surface area contributed by atoms with E-state index in [1.165, 1.54) is 0 Å². The van der Waals surface area contributed by atoms with Gasteiger partial charge in [-0.25, -0.2) is 9.97 Å². The van der Waals surface area contributed by atoms with Crippen molar-refractivity contribution in [2.24, 2.45) is 5.73 Å². The van der Waals surface area contributed by atoms with Gasteiger partial charge in [0, 0.05) is 18.0 Å². The number of carbonyl (C=O) groups is 1. The third-order valence-electron chi connectivity index (χ3n) is 2.65. The summed E-state index contributed by atoms with van der Waals surface area (Å²) >= 11 is 0. The molecule has 1 amide bonds. The van der Waals surface area contributed by atoms with Gasteiger partial charge in [-0.1, -0.05) is 30.3 Å². The van der Waals surface area contributed by atoms with E-state index in [0.29, 0.717) is 5.78 Å². The molecular formula is C13H10N4O. The van der Waals surface area contributed by atoms with Crippen molar-refractivity contribution < 1.29 is 4.79 Å². The number of primary amides is 1. The monoisotopic (exact) mass is 238 g/mol. The minimum Gasteiger partial charge on any atom is -0.364 e. The zero-order valence-electron chi connectivity index (χ0n) is 9.45. The Balaban J connectivity index is 2.14. The van der Waals surface area contributed by atoms with Gasteiger partial charge in [0.05, 0.1) is 5.69 Å². The molecule has 0 aliphatic heterocycles. The zero-order chi connectivity index (χ0) is 12.5. The minimum atomic E-state index is -0.554. The van der Waals surface area contributed by atoms with Crippen molar-refractivity contribution in [3.8, 4) is 11.3 Å². The van der Waals surface area contributed by atoms with Gasteiger partial charge < -0.3 is 5.73 Å². The van der Waals surface area contributed by atoms with Crippen LogP contribution < -0.4 is 5.73 Å². The Morgan fingerprint density at radius 2 is 1.89 bits per heavy atom. The van der Waals surface area contributed by atoms with E-state index in [9.17, 15) is 4.79 Å². The van der Waals surface area contributed by atoms with Crippen molar-refractivity contribution in [2.75, 3.05) is 0 Å². The summed E-state index contributed by atoms with van der Waals surface area (Å²) in [7, 11) is 0. The third-order valence-corrected chi connectivity index (χ3v) is 2.65. The number of imidazole rings is 1. The highest BCUT2D eigenvalue weighted by Crippen LogP contribution is 2.17. The van der Waals surface area contributed by atoms with Crippen LogP contribution in [0.3, 0.4) is 0 Å². The topological polar surface area (TPSA) is 73.3 Å². The summed E-state index contributed by atoms with van der Waals surface area (Å²) in [5, 5.41) is 0. The molecule has 0 saturated carbocycles. The minimum absolute atomic E-state index is 0.215. The third kappa shape index (κ3) is 1.71. The normalized spacial score (nSPS) is 10.7. The molecule has 0 saturated heterocycles. The van der Waals surface area contributed by atoms with Gasteiger partial charge in [0.1, 0.15) is 5.69 Å². The molecule has 5 heteroatoms. The second-order valence-corrected chi connectivity index (χ2v) is 3.88. The lowest BCUT2D eigenvalue weighted by atomic mass is 10.2. The lowest BCUT2D eigenvalue weighted by molar-refractivity contribution is 0.0995. The predicted molar refractivity (Wildman–Crippen MR) is 66.9 cm³/mol. The molecule has 0 aliphatic rings. The van der Waals surface area contributed by atoms with Gasteiger partial charge in [0.15, 0.2) is 0 Å². The van der Waals surface area contributed by atoms with Gasteiger partial charge in [-0.2, -0.15) is 0 Å². The van der Waals surface area contributed by atoms with Crippen LogP contribution in [0.25, 0.3) is 17.0 Å². The largest absolute Gasteiger partial charge is 0.364 e. The first kappa shape index (κ1) is 10.5. The number of fused-ring (bicyclic) bond motifs is 1. The van der Waals surface area contributed by atoms with Gasteiger partial charge in [-0.05, 0) is 6.07 Å². The molecule has 0 spiro atoms. The van der Waals surface area contributed by atoms with E-state index < -0.39 is 5.91 Å². The van der Waals surface area contributed by atoms with Crippen LogP contribution in [0.1, 0.15) is 10.5 Å². The first-order chi connectivity index (χ1) is 8.74. The smallest absolute Gasteiger partial charge is 0.267 e. The Hall–Kier alpha value is -2.69. The van der Waals surface area contributed by atoms with Gasteiger partial charge in [-0.3, -0.25) is 9.20 Å². The first-order valence-corrected chi connectivity index (χ1v) is 5.45. The number of benzene rings is 1. The van der Waals surface area contributed by atoms with E-state index in [4.69, 9.17) is 5.73 Å². The van der Waals surface area contributed by atoms with Crippen molar-refractivity contribution in [2.45, 2.75) is 0 Å². The Labute approximate surface area is 103 Å². The maximum atomic E-state index is 11.0. The molecule has 2 aromatic heterocycles. The summed E-state index contributed by atoms with van der Waals surface area (Å²) in [6, 6.07) is 11.4. The van der Waals surface area contributed by atoms with E-state index >= 15 is 0 Å². The number of nitrogens with two attached hydrogens (primary N) is 1. The molecule has 1 aromatic carbocycles. The average molecular weight is 238 g/mol. The fourth-order valence-electron chi connectivity index (χ4n) is 1.76. The number of hydrogen-bond acceptors (Lipinski definition) is 3. The summed E-state index contributed by atoms with van der Waals surface area (Å²) in [6.07, 6.45) is 3.59. The van der Waals surface area contributed by atoms with Crippen molar-refractivity contribution in [3.63, 3.8) is 0 Å². The number of rotatable bonds is 2. The molecule has 2 heterocycles. The van der Waals surface area contributed by atoms with Crippen LogP contribution in [0.5, 0.6) is 0 Å². The summed E-state index contributed by atoms with van der Waals surface area (Å²) in [6.45, 7) is 0. The highest BCUT2D eigenvalue weighted by molar-refractivity contribution is 5.91. The maximum absolute atomic E-state index is 11.0. The Morgan fingerprint density at radius 1 is 1.11 bits per heavy atom. The standard InChI is InChI=1S/C13H10N4O/c14-12(18)10-6-7-17-8-11(16-13(17)15-10)9-4-2-1-3-5-9/h1-8H,(H2,14,18). The van der Waals surface area contributed by atoms with E-state index in [1.54, 1.807) is 16.7 Å². The lowest BCUT2D eigenvalue weighted by Crippen LogP contribution is -2.13. The summed E-state index contributed by atoms with van der Waals surface area (Å²) < 4.78 is 1.76. The second-order valence-electron chi connectivity index (χ2n) is 3.88. The number of hydrogen-bond donors (Lipinski definition) is 1. The molecule has 2 N–H and O–H groups in total. The van der Waals surface area contributed by atoms with Gasteiger partial charge in [0.25, 0.3) is 5.91 Å². The van der Waals surface area contributed by atoms with Gasteiger partial charge >= 0.3 is 0 Å². The SMILES string of the molecule is NC(=O)c1ccn2cc(-c3ccccc3)nc2n1. The van der Waals surface area contributed by atoms with Crippen LogP contribution in [-0.4, -0.2) is 20.3 Å². The van der Waals surface area contributed by atoms with E-state index in [2.05, 4.69) is 9.97 Å². The van der Waals surface area contributed by atoms with E-state index in [-0.39, 0.29) is 5.69 Å². The Kier molecular flexibility index (Phi) is 2.30. The summed E-state index contributed by atoms with van der Waals surface area (Å²) in [5.74, 6) is -0.0908. The van der Waals surface area contributed by atoms with Crippen LogP contribution in [0.15, 0.2) is 48.8 Å². The van der Waals surface area contributed by atoms with Crippen LogP contribution in [0.2, 0.25) is 0 Å². The Bertz CT molecular complexity index is 718. The molecule has 3 aromatic rings. The molecule has 5 nitrogen and oxygen atoms in total. The van der Waals surface area contributed by atoms with E-state index in [0.717, 1.165) is 11.3 Å². The van der Waals surface area contributed by atoms with Crippen molar-refractivity contribution >= 4 is 11.7 Å². The van der Waals surface area contributed by atoms with Crippen molar-refractivity contribution in [1.82, 2.24) is 14.4 Å². The number of carbonyl (C=O) groups excluding carboxylic acids is 1. The zero-order valence-corrected chi connectivity index (χ0v) is 9.45. The number of aromatic nitrogens is 3. The first-order valence-electron chi connectivity index (χ1n) is 5.45. The summed E-state index contributed by atoms with van der Waals surface area (Å²) in [5.41, 5.74) is 7.21. The fraction of sp³-hybridized carbons (Fsp3) is 0. The second kappa shape index (κ2) is 3.96. The average Bonchev–Trinajstić information content (AvgIpc) is 2.82. The Morgan fingerprint density at radius 3 is 2.61 bits per heavy atom. The molecule has 3 rings (SSSR count). The molecule has 88 valence electrons. The van der Waals surface area contributed by atoms with Gasteiger partial charge in [-0.15, -0.1) is 0 Å².